The minimum Gasteiger partial charge on any atom is -0.456 e. The second-order valence-electron chi connectivity index (χ2n) is 11.7. The summed E-state index contributed by atoms with van der Waals surface area (Å²) in [7, 11) is 0. The van der Waals surface area contributed by atoms with Crippen LogP contribution in [0.3, 0.4) is 0 Å². The maximum absolute atomic E-state index is 6.24. The van der Waals surface area contributed by atoms with Crippen molar-refractivity contribution in [3.63, 3.8) is 0 Å². The Morgan fingerprint density at radius 2 is 1.16 bits per heavy atom. The molecule has 9 rings (SSSR count). The van der Waals surface area contributed by atoms with Gasteiger partial charge in [-0.05, 0) is 68.1 Å². The van der Waals surface area contributed by atoms with Gasteiger partial charge in [0, 0.05) is 16.3 Å². The maximum atomic E-state index is 6.24. The molecule has 4 nitrogen and oxygen atoms in total. The zero-order valence-corrected chi connectivity index (χ0v) is 24.4. The van der Waals surface area contributed by atoms with Crippen LogP contribution in [0.25, 0.3) is 54.6 Å². The highest BCUT2D eigenvalue weighted by Crippen LogP contribution is 2.34. The number of benzene rings is 7. The highest BCUT2D eigenvalue weighted by molar-refractivity contribution is 6.18. The lowest BCUT2D eigenvalue weighted by molar-refractivity contribution is 0.409. The Balaban J connectivity index is 1.13. The highest BCUT2D eigenvalue weighted by Gasteiger charge is 2.27. The van der Waals surface area contributed by atoms with Crippen molar-refractivity contribution in [1.82, 2.24) is 10.6 Å². The van der Waals surface area contributed by atoms with Crippen LogP contribution in [0.15, 0.2) is 161 Å². The van der Waals surface area contributed by atoms with E-state index in [-0.39, 0.29) is 12.3 Å². The van der Waals surface area contributed by atoms with Crippen LogP contribution in [-0.2, 0) is 0 Å². The van der Waals surface area contributed by atoms with Crippen LogP contribution in [-0.4, -0.2) is 5.84 Å². The number of nitrogens with one attached hydrogen (secondary N) is 2. The zero-order chi connectivity index (χ0) is 29.7. The Labute approximate surface area is 260 Å². The van der Waals surface area contributed by atoms with Gasteiger partial charge in [-0.25, -0.2) is 4.99 Å². The first-order chi connectivity index (χ1) is 22.3. The molecule has 8 aromatic rings. The van der Waals surface area contributed by atoms with Gasteiger partial charge < -0.3 is 9.73 Å². The third kappa shape index (κ3) is 4.55. The summed E-state index contributed by atoms with van der Waals surface area (Å²) in [6, 6.07) is 53.5. The molecule has 4 heteroatoms. The molecule has 45 heavy (non-hydrogen) atoms. The van der Waals surface area contributed by atoms with E-state index in [0.29, 0.717) is 0 Å². The van der Waals surface area contributed by atoms with E-state index in [1.54, 1.807) is 0 Å². The standard InChI is InChI=1S/C41H29N3O/c1-3-10-30-24-32(22-18-26(30)8-1)28-16-20-29(21-17-28)39-42-40(33-23-19-27-9-2-4-11-31(27)25-33)44-41(43-39)35-13-7-15-37-38(35)34-12-5-6-14-36(34)45-37/h1-25,39-40,42H,(H,43,44). The van der Waals surface area contributed by atoms with Gasteiger partial charge in [-0.2, -0.15) is 0 Å². The van der Waals surface area contributed by atoms with Crippen molar-refractivity contribution in [2.45, 2.75) is 12.3 Å². The number of hydrogen-bond donors (Lipinski definition) is 2. The van der Waals surface area contributed by atoms with E-state index in [1.807, 2.05) is 24.3 Å². The van der Waals surface area contributed by atoms with Gasteiger partial charge in [0.25, 0.3) is 0 Å². The molecular formula is C41H29N3O. The summed E-state index contributed by atoms with van der Waals surface area (Å²) in [4.78, 5) is 5.29. The summed E-state index contributed by atoms with van der Waals surface area (Å²) >= 11 is 0. The van der Waals surface area contributed by atoms with Crippen molar-refractivity contribution < 1.29 is 4.42 Å². The molecule has 7 aromatic carbocycles. The second kappa shape index (κ2) is 10.5. The summed E-state index contributed by atoms with van der Waals surface area (Å²) < 4.78 is 6.24. The van der Waals surface area contributed by atoms with Crippen molar-refractivity contribution in [2.24, 2.45) is 4.99 Å². The average Bonchev–Trinajstić information content (AvgIpc) is 3.50. The van der Waals surface area contributed by atoms with Crippen LogP contribution in [0, 0.1) is 0 Å². The Bertz CT molecular complexity index is 2400. The molecule has 0 bridgehead atoms. The lowest BCUT2D eigenvalue weighted by atomic mass is 9.99. The fourth-order valence-corrected chi connectivity index (χ4v) is 6.62. The van der Waals surface area contributed by atoms with E-state index in [0.717, 1.165) is 44.5 Å². The normalized spacial score (nSPS) is 16.7. The average molecular weight is 580 g/mol. The number of para-hydroxylation sites is 1. The van der Waals surface area contributed by atoms with Gasteiger partial charge in [0.2, 0.25) is 0 Å². The highest BCUT2D eigenvalue weighted by atomic mass is 16.3. The van der Waals surface area contributed by atoms with Crippen molar-refractivity contribution in [2.75, 3.05) is 0 Å². The number of amidine groups is 1. The first-order valence-corrected chi connectivity index (χ1v) is 15.4. The molecule has 214 valence electrons. The molecule has 1 aromatic heterocycles. The smallest absolute Gasteiger partial charge is 0.136 e. The second-order valence-corrected chi connectivity index (χ2v) is 11.7. The largest absolute Gasteiger partial charge is 0.456 e. The first-order valence-electron chi connectivity index (χ1n) is 15.4. The van der Waals surface area contributed by atoms with E-state index < -0.39 is 0 Å². The summed E-state index contributed by atoms with van der Waals surface area (Å²) in [6.45, 7) is 0. The third-order valence-corrected chi connectivity index (χ3v) is 8.94. The Morgan fingerprint density at radius 3 is 1.98 bits per heavy atom. The SMILES string of the molecule is c1ccc2cc(-c3ccc(C4NC(c5cccc6oc7ccccc7c56)=NC(c5ccc6ccccc6c5)N4)cc3)ccc2c1. The minimum absolute atomic E-state index is 0.159. The van der Waals surface area contributed by atoms with Crippen LogP contribution >= 0.6 is 0 Å². The van der Waals surface area contributed by atoms with Gasteiger partial charge in [-0.1, -0.05) is 127 Å². The lowest BCUT2D eigenvalue weighted by Gasteiger charge is -2.32. The van der Waals surface area contributed by atoms with E-state index in [4.69, 9.17) is 9.41 Å². The first kappa shape index (κ1) is 25.8. The van der Waals surface area contributed by atoms with Crippen molar-refractivity contribution in [1.29, 1.82) is 0 Å². The van der Waals surface area contributed by atoms with E-state index in [1.165, 1.54) is 32.7 Å². The van der Waals surface area contributed by atoms with Gasteiger partial charge in [0.05, 0.1) is 0 Å². The zero-order valence-electron chi connectivity index (χ0n) is 24.4. The Morgan fingerprint density at radius 1 is 0.511 bits per heavy atom. The molecule has 1 aliphatic heterocycles. The van der Waals surface area contributed by atoms with Gasteiger partial charge in [-0.15, -0.1) is 0 Å². The summed E-state index contributed by atoms with van der Waals surface area (Å²) in [6.07, 6.45) is -0.405. The minimum atomic E-state index is -0.246. The van der Waals surface area contributed by atoms with Gasteiger partial charge in [0.15, 0.2) is 0 Å². The number of rotatable bonds is 4. The van der Waals surface area contributed by atoms with Crippen molar-refractivity contribution >= 4 is 49.3 Å². The number of nitrogens with zero attached hydrogens (tertiary/aromatic N) is 1. The van der Waals surface area contributed by atoms with E-state index in [9.17, 15) is 0 Å². The predicted molar refractivity (Wildman–Crippen MR) is 185 cm³/mol. The molecule has 0 saturated carbocycles. The molecule has 2 heterocycles. The van der Waals surface area contributed by atoms with Crippen LogP contribution < -0.4 is 10.6 Å². The molecule has 0 saturated heterocycles. The molecule has 2 atom stereocenters. The molecule has 2 unspecified atom stereocenters. The summed E-state index contributed by atoms with van der Waals surface area (Å²) in [5, 5.41) is 14.6. The van der Waals surface area contributed by atoms with Crippen molar-refractivity contribution in [3.05, 3.63) is 168 Å². The molecule has 1 aliphatic rings. The molecule has 0 radical (unpaired) electrons. The third-order valence-electron chi connectivity index (χ3n) is 8.94. The summed E-state index contributed by atoms with van der Waals surface area (Å²) in [5.41, 5.74) is 7.42. The maximum Gasteiger partial charge on any atom is 0.136 e. The lowest BCUT2D eigenvalue weighted by Crippen LogP contribution is -2.45. The molecular weight excluding hydrogens is 550 g/mol. The molecule has 2 N–H and O–H groups in total. The topological polar surface area (TPSA) is 49.6 Å². The monoisotopic (exact) mass is 579 g/mol. The molecule has 0 spiro atoms. The van der Waals surface area contributed by atoms with Crippen LogP contribution in [0.2, 0.25) is 0 Å². The number of aliphatic imine (C=N–C) groups is 1. The molecule has 0 fully saturated rings. The predicted octanol–water partition coefficient (Wildman–Crippen LogP) is 9.90. The van der Waals surface area contributed by atoms with Crippen LogP contribution in [0.1, 0.15) is 29.0 Å². The number of fused-ring (bicyclic) bond motifs is 5. The number of furan rings is 1. The Hall–Kier alpha value is -5.71. The fourth-order valence-electron chi connectivity index (χ4n) is 6.62. The molecule has 0 aliphatic carbocycles. The quantitative estimate of drug-likeness (QED) is 0.218. The van der Waals surface area contributed by atoms with Crippen LogP contribution in [0.5, 0.6) is 0 Å². The van der Waals surface area contributed by atoms with E-state index in [2.05, 4.69) is 138 Å². The van der Waals surface area contributed by atoms with Crippen molar-refractivity contribution in [3.8, 4) is 11.1 Å². The molecule has 0 amide bonds. The number of hydrogen-bond acceptors (Lipinski definition) is 4. The fraction of sp³-hybridized carbons (Fsp3) is 0.0488. The Kier molecular flexibility index (Phi) is 6.00. The van der Waals surface area contributed by atoms with Gasteiger partial charge in [-0.3, -0.25) is 5.32 Å². The van der Waals surface area contributed by atoms with Crippen LogP contribution in [0.4, 0.5) is 0 Å². The van der Waals surface area contributed by atoms with Gasteiger partial charge in [0.1, 0.15) is 29.3 Å². The summed E-state index contributed by atoms with van der Waals surface area (Å²) in [5.74, 6) is 0.840. The van der Waals surface area contributed by atoms with E-state index >= 15 is 0 Å². The van der Waals surface area contributed by atoms with Gasteiger partial charge >= 0.3 is 0 Å².